The van der Waals surface area contributed by atoms with Crippen LogP contribution in [0.15, 0.2) is 12.2 Å². The van der Waals surface area contributed by atoms with Crippen molar-refractivity contribution in [3.05, 3.63) is 12.2 Å². The standard InChI is InChI=1S/C17H28O5/c1-6-16(18)22-15-10-13(5)12(4)9-14(15)20-7-8-21-17(19)11(2)3/h12-15H,2,6-10H2,1,3-5H3/t12?,13-,14?,15?/m0/s1. The average molecular weight is 312 g/mol. The molecular formula is C17H28O5. The quantitative estimate of drug-likeness (QED) is 0.411. The van der Waals surface area contributed by atoms with E-state index in [1.165, 1.54) is 0 Å². The number of hydrogen-bond acceptors (Lipinski definition) is 5. The summed E-state index contributed by atoms with van der Waals surface area (Å²) >= 11 is 0. The van der Waals surface area contributed by atoms with E-state index in [0.717, 1.165) is 12.8 Å². The van der Waals surface area contributed by atoms with Gasteiger partial charge < -0.3 is 14.2 Å². The Morgan fingerprint density at radius 3 is 2.23 bits per heavy atom. The minimum atomic E-state index is -0.414. The van der Waals surface area contributed by atoms with Crippen molar-refractivity contribution in [2.75, 3.05) is 13.2 Å². The zero-order chi connectivity index (χ0) is 16.7. The third-order valence-electron chi connectivity index (χ3n) is 4.16. The monoisotopic (exact) mass is 312 g/mol. The molecule has 0 aliphatic heterocycles. The second kappa shape index (κ2) is 8.93. The summed E-state index contributed by atoms with van der Waals surface area (Å²) in [6.07, 6.45) is 1.67. The lowest BCUT2D eigenvalue weighted by Gasteiger charge is -2.38. The highest BCUT2D eigenvalue weighted by molar-refractivity contribution is 5.86. The molecule has 1 aliphatic rings. The molecule has 5 heteroatoms. The van der Waals surface area contributed by atoms with E-state index in [4.69, 9.17) is 14.2 Å². The van der Waals surface area contributed by atoms with Gasteiger partial charge in [-0.2, -0.15) is 0 Å². The zero-order valence-electron chi connectivity index (χ0n) is 14.1. The normalized spacial score (nSPS) is 28.0. The van der Waals surface area contributed by atoms with Crippen molar-refractivity contribution < 1.29 is 23.8 Å². The highest BCUT2D eigenvalue weighted by Crippen LogP contribution is 2.33. The molecule has 22 heavy (non-hydrogen) atoms. The van der Waals surface area contributed by atoms with Crippen LogP contribution in [0.5, 0.6) is 0 Å². The summed E-state index contributed by atoms with van der Waals surface area (Å²) in [6, 6.07) is 0. The third kappa shape index (κ3) is 5.79. The van der Waals surface area contributed by atoms with Crippen molar-refractivity contribution in [2.45, 2.75) is 59.2 Å². The first-order valence-corrected chi connectivity index (χ1v) is 7.98. The fraction of sp³-hybridized carbons (Fsp3) is 0.765. The van der Waals surface area contributed by atoms with Gasteiger partial charge in [-0.05, 0) is 31.6 Å². The van der Waals surface area contributed by atoms with Gasteiger partial charge in [0.1, 0.15) is 12.7 Å². The van der Waals surface area contributed by atoms with Crippen LogP contribution in [0, 0.1) is 11.8 Å². The van der Waals surface area contributed by atoms with Crippen LogP contribution in [0.2, 0.25) is 0 Å². The molecule has 5 nitrogen and oxygen atoms in total. The number of ether oxygens (including phenoxy) is 3. The highest BCUT2D eigenvalue weighted by Gasteiger charge is 2.35. The van der Waals surface area contributed by atoms with Crippen molar-refractivity contribution in [3.8, 4) is 0 Å². The predicted octanol–water partition coefficient (Wildman–Crippen LogP) is 2.88. The summed E-state index contributed by atoms with van der Waals surface area (Å²) in [6.45, 7) is 11.7. The Morgan fingerprint density at radius 1 is 1.09 bits per heavy atom. The maximum absolute atomic E-state index is 11.6. The molecule has 3 unspecified atom stereocenters. The Morgan fingerprint density at radius 2 is 1.68 bits per heavy atom. The highest BCUT2D eigenvalue weighted by atomic mass is 16.6. The van der Waals surface area contributed by atoms with Crippen LogP contribution in [0.25, 0.3) is 0 Å². The molecule has 0 spiro atoms. The summed E-state index contributed by atoms with van der Waals surface area (Å²) in [5.41, 5.74) is 0.370. The van der Waals surface area contributed by atoms with Crippen molar-refractivity contribution in [2.24, 2.45) is 11.8 Å². The summed E-state index contributed by atoms with van der Waals surface area (Å²) < 4.78 is 16.3. The summed E-state index contributed by atoms with van der Waals surface area (Å²) in [7, 11) is 0. The van der Waals surface area contributed by atoms with Gasteiger partial charge in [-0.1, -0.05) is 27.4 Å². The van der Waals surface area contributed by atoms with Gasteiger partial charge in [0.15, 0.2) is 0 Å². The first-order chi connectivity index (χ1) is 10.3. The van der Waals surface area contributed by atoms with Crippen molar-refractivity contribution in [1.29, 1.82) is 0 Å². The van der Waals surface area contributed by atoms with E-state index in [9.17, 15) is 9.59 Å². The smallest absolute Gasteiger partial charge is 0.333 e. The Kier molecular flexibility index (Phi) is 7.59. The van der Waals surface area contributed by atoms with Crippen LogP contribution in [0.3, 0.4) is 0 Å². The molecule has 0 bridgehead atoms. The number of carbonyl (C=O) groups is 2. The van der Waals surface area contributed by atoms with E-state index in [1.54, 1.807) is 13.8 Å². The third-order valence-corrected chi connectivity index (χ3v) is 4.16. The van der Waals surface area contributed by atoms with Crippen LogP contribution < -0.4 is 0 Å². The zero-order valence-corrected chi connectivity index (χ0v) is 14.1. The molecule has 0 aromatic heterocycles. The van der Waals surface area contributed by atoms with Crippen molar-refractivity contribution >= 4 is 11.9 Å². The van der Waals surface area contributed by atoms with E-state index in [-0.39, 0.29) is 24.8 Å². The fourth-order valence-electron chi connectivity index (χ4n) is 2.51. The van der Waals surface area contributed by atoms with Gasteiger partial charge in [0.25, 0.3) is 0 Å². The summed E-state index contributed by atoms with van der Waals surface area (Å²) in [5.74, 6) is 0.396. The SMILES string of the molecule is C=C(C)C(=O)OCCOC1CC(C)[C@@H](C)CC1OC(=O)CC. The maximum Gasteiger partial charge on any atom is 0.333 e. The topological polar surface area (TPSA) is 61.8 Å². The Bertz CT molecular complexity index is 404. The summed E-state index contributed by atoms with van der Waals surface area (Å²) in [5, 5.41) is 0. The Balaban J connectivity index is 2.46. The van der Waals surface area contributed by atoms with Crippen LogP contribution >= 0.6 is 0 Å². The lowest BCUT2D eigenvalue weighted by Crippen LogP contribution is -2.42. The molecule has 0 aromatic carbocycles. The number of rotatable bonds is 7. The molecule has 126 valence electrons. The van der Waals surface area contributed by atoms with Gasteiger partial charge in [-0.3, -0.25) is 4.79 Å². The molecule has 0 aromatic rings. The molecule has 0 saturated heterocycles. The lowest BCUT2D eigenvalue weighted by molar-refractivity contribution is -0.166. The van der Waals surface area contributed by atoms with E-state index < -0.39 is 5.97 Å². The van der Waals surface area contributed by atoms with Gasteiger partial charge in [-0.25, -0.2) is 4.79 Å². The van der Waals surface area contributed by atoms with Crippen LogP contribution in [-0.4, -0.2) is 37.4 Å². The van der Waals surface area contributed by atoms with Gasteiger partial charge in [-0.15, -0.1) is 0 Å². The Labute approximate surface area is 133 Å². The fourth-order valence-corrected chi connectivity index (χ4v) is 2.51. The largest absolute Gasteiger partial charge is 0.460 e. The van der Waals surface area contributed by atoms with E-state index >= 15 is 0 Å². The molecule has 1 saturated carbocycles. The minimum absolute atomic E-state index is 0.134. The van der Waals surface area contributed by atoms with Crippen molar-refractivity contribution in [1.82, 2.24) is 0 Å². The van der Waals surface area contributed by atoms with Crippen LogP contribution in [0.4, 0.5) is 0 Å². The van der Waals surface area contributed by atoms with Gasteiger partial charge in [0.2, 0.25) is 0 Å². The second-order valence-corrected chi connectivity index (χ2v) is 6.13. The van der Waals surface area contributed by atoms with Gasteiger partial charge in [0, 0.05) is 12.0 Å². The van der Waals surface area contributed by atoms with Crippen LogP contribution in [0.1, 0.15) is 47.0 Å². The molecule has 0 N–H and O–H groups in total. The molecular weight excluding hydrogens is 284 g/mol. The molecule has 4 atom stereocenters. The molecule has 1 fully saturated rings. The van der Waals surface area contributed by atoms with Crippen LogP contribution in [-0.2, 0) is 23.8 Å². The van der Waals surface area contributed by atoms with Gasteiger partial charge in [0.05, 0.1) is 12.7 Å². The van der Waals surface area contributed by atoms with Gasteiger partial charge >= 0.3 is 11.9 Å². The molecule has 1 rings (SSSR count). The first-order valence-electron chi connectivity index (χ1n) is 7.98. The molecule has 1 aliphatic carbocycles. The van der Waals surface area contributed by atoms with Crippen molar-refractivity contribution in [3.63, 3.8) is 0 Å². The average Bonchev–Trinajstić information content (AvgIpc) is 2.47. The van der Waals surface area contributed by atoms with E-state index in [0.29, 0.717) is 30.4 Å². The molecule has 0 radical (unpaired) electrons. The second-order valence-electron chi connectivity index (χ2n) is 6.13. The molecule has 0 amide bonds. The van der Waals surface area contributed by atoms with E-state index in [1.807, 2.05) is 0 Å². The number of carbonyl (C=O) groups excluding carboxylic acids is 2. The predicted molar refractivity (Wildman–Crippen MR) is 83.2 cm³/mol. The van der Waals surface area contributed by atoms with E-state index in [2.05, 4.69) is 20.4 Å². The number of esters is 2. The maximum atomic E-state index is 11.6. The minimum Gasteiger partial charge on any atom is -0.460 e. The lowest BCUT2D eigenvalue weighted by atomic mass is 9.78. The first kappa shape index (κ1) is 18.7. The summed E-state index contributed by atoms with van der Waals surface area (Å²) in [4.78, 5) is 22.8. The Hall–Kier alpha value is -1.36. The molecule has 0 heterocycles. The number of hydrogen-bond donors (Lipinski definition) is 0.